The maximum absolute atomic E-state index is 5.78. The van der Waals surface area contributed by atoms with Crippen molar-refractivity contribution in [3.05, 3.63) is 24.2 Å². The maximum atomic E-state index is 5.78. The predicted octanol–water partition coefficient (Wildman–Crippen LogP) is 2.76. The van der Waals surface area contributed by atoms with Gasteiger partial charge < -0.3 is 24.1 Å². The second kappa shape index (κ2) is 12.2. The topological polar surface area (TPSA) is 62.5 Å². The molecule has 0 bridgehead atoms. The van der Waals surface area contributed by atoms with E-state index in [1.165, 1.54) is 19.3 Å². The number of likely N-dealkylation sites (tertiary alicyclic amines) is 2. The van der Waals surface area contributed by atoms with Crippen LogP contribution in [0.1, 0.15) is 44.4 Å². The smallest absolute Gasteiger partial charge is 0.193 e. The minimum Gasteiger partial charge on any atom is -0.468 e. The first-order chi connectivity index (χ1) is 14.3. The van der Waals surface area contributed by atoms with E-state index in [1.54, 1.807) is 13.4 Å². The first kappa shape index (κ1) is 22.1. The lowest BCUT2D eigenvalue weighted by Gasteiger charge is -2.33. The Hall–Kier alpha value is -1.57. The average Bonchev–Trinajstić information content (AvgIpc) is 3.44. The van der Waals surface area contributed by atoms with Crippen molar-refractivity contribution in [2.75, 3.05) is 66.2 Å². The molecule has 2 unspecified atom stereocenters. The minimum atomic E-state index is 0.217. The Bertz CT molecular complexity index is 587. The van der Waals surface area contributed by atoms with Crippen molar-refractivity contribution < 1.29 is 13.9 Å². The van der Waals surface area contributed by atoms with Crippen molar-refractivity contribution in [2.45, 2.75) is 38.6 Å². The Morgan fingerprint density at radius 3 is 2.86 bits per heavy atom. The number of piperidine rings is 1. The fourth-order valence-electron chi connectivity index (χ4n) is 4.25. The lowest BCUT2D eigenvalue weighted by molar-refractivity contribution is 0.0536. The molecule has 2 aliphatic heterocycles. The zero-order valence-electron chi connectivity index (χ0n) is 18.1. The molecular weight excluding hydrogens is 368 g/mol. The molecule has 0 amide bonds. The van der Waals surface area contributed by atoms with Crippen LogP contribution in [0.4, 0.5) is 0 Å². The highest BCUT2D eigenvalue weighted by molar-refractivity contribution is 5.80. The summed E-state index contributed by atoms with van der Waals surface area (Å²) < 4.78 is 16.6. The van der Waals surface area contributed by atoms with Gasteiger partial charge in [-0.1, -0.05) is 6.42 Å². The molecule has 0 saturated carbocycles. The number of nitrogens with one attached hydrogen (secondary N) is 1. The third kappa shape index (κ3) is 6.73. The molecule has 2 saturated heterocycles. The van der Waals surface area contributed by atoms with E-state index in [9.17, 15) is 0 Å². The van der Waals surface area contributed by atoms with Gasteiger partial charge in [-0.05, 0) is 51.4 Å². The summed E-state index contributed by atoms with van der Waals surface area (Å²) in [6.45, 7) is 10.1. The van der Waals surface area contributed by atoms with Crippen LogP contribution >= 0.6 is 0 Å². The highest BCUT2D eigenvalue weighted by Gasteiger charge is 2.27. The molecule has 0 spiro atoms. The van der Waals surface area contributed by atoms with E-state index >= 15 is 0 Å². The SMILES string of the molecule is CCNC(=NCC(c1ccco1)N1CCCCC1)N1CCC(COCCOC)C1. The summed E-state index contributed by atoms with van der Waals surface area (Å²) in [5.74, 6) is 2.59. The van der Waals surface area contributed by atoms with Gasteiger partial charge in [-0.15, -0.1) is 0 Å². The van der Waals surface area contributed by atoms with Crippen LogP contribution in [0.3, 0.4) is 0 Å². The van der Waals surface area contributed by atoms with Crippen molar-refractivity contribution in [3.63, 3.8) is 0 Å². The largest absolute Gasteiger partial charge is 0.468 e. The Balaban J connectivity index is 1.59. The average molecular weight is 407 g/mol. The molecule has 1 N–H and O–H groups in total. The van der Waals surface area contributed by atoms with Gasteiger partial charge in [0.15, 0.2) is 5.96 Å². The quantitative estimate of drug-likeness (QED) is 0.366. The molecule has 2 aliphatic rings. The summed E-state index contributed by atoms with van der Waals surface area (Å²) >= 11 is 0. The zero-order valence-corrected chi connectivity index (χ0v) is 18.1. The molecule has 2 fully saturated rings. The molecule has 0 radical (unpaired) electrons. The second-order valence-electron chi connectivity index (χ2n) is 7.99. The van der Waals surface area contributed by atoms with Crippen molar-refractivity contribution in [3.8, 4) is 0 Å². The molecule has 3 rings (SSSR count). The number of aliphatic imine (C=N–C) groups is 1. The Morgan fingerprint density at radius 1 is 1.28 bits per heavy atom. The van der Waals surface area contributed by atoms with E-state index in [4.69, 9.17) is 18.9 Å². The van der Waals surface area contributed by atoms with E-state index in [2.05, 4.69) is 28.1 Å². The Morgan fingerprint density at radius 2 is 2.14 bits per heavy atom. The van der Waals surface area contributed by atoms with Crippen LogP contribution in [0.15, 0.2) is 27.8 Å². The molecular formula is C22H38N4O3. The normalized spacial score (nSPS) is 22.2. The number of hydrogen-bond acceptors (Lipinski definition) is 5. The minimum absolute atomic E-state index is 0.217. The highest BCUT2D eigenvalue weighted by atomic mass is 16.5. The van der Waals surface area contributed by atoms with Gasteiger partial charge in [0.2, 0.25) is 0 Å². The van der Waals surface area contributed by atoms with Gasteiger partial charge in [0.1, 0.15) is 5.76 Å². The molecule has 7 heteroatoms. The fourth-order valence-corrected chi connectivity index (χ4v) is 4.25. The van der Waals surface area contributed by atoms with Crippen LogP contribution in [0.5, 0.6) is 0 Å². The number of rotatable bonds is 10. The van der Waals surface area contributed by atoms with E-state index in [1.807, 2.05) is 6.07 Å². The molecule has 1 aromatic rings. The van der Waals surface area contributed by atoms with Crippen molar-refractivity contribution >= 4 is 5.96 Å². The predicted molar refractivity (Wildman–Crippen MR) is 115 cm³/mol. The summed E-state index contributed by atoms with van der Waals surface area (Å²) in [4.78, 5) is 9.95. The van der Waals surface area contributed by atoms with E-state index in [-0.39, 0.29) is 6.04 Å². The lowest BCUT2D eigenvalue weighted by atomic mass is 10.1. The van der Waals surface area contributed by atoms with Crippen LogP contribution in [0.2, 0.25) is 0 Å². The zero-order chi connectivity index (χ0) is 20.3. The number of ether oxygens (including phenoxy) is 2. The number of methoxy groups -OCH3 is 1. The van der Waals surface area contributed by atoms with E-state index in [0.29, 0.717) is 19.1 Å². The third-order valence-electron chi connectivity index (χ3n) is 5.82. The summed E-state index contributed by atoms with van der Waals surface area (Å²) in [6, 6.07) is 4.29. The molecule has 3 heterocycles. The van der Waals surface area contributed by atoms with Crippen molar-refractivity contribution in [1.29, 1.82) is 0 Å². The molecule has 164 valence electrons. The summed E-state index contributed by atoms with van der Waals surface area (Å²) in [7, 11) is 1.71. The van der Waals surface area contributed by atoms with Gasteiger partial charge in [0, 0.05) is 32.7 Å². The fraction of sp³-hybridized carbons (Fsp3) is 0.773. The third-order valence-corrected chi connectivity index (χ3v) is 5.82. The first-order valence-electron chi connectivity index (χ1n) is 11.2. The lowest BCUT2D eigenvalue weighted by Crippen LogP contribution is -2.41. The number of guanidine groups is 1. The van der Waals surface area contributed by atoms with Gasteiger partial charge >= 0.3 is 0 Å². The molecule has 29 heavy (non-hydrogen) atoms. The number of hydrogen-bond donors (Lipinski definition) is 1. The summed E-state index contributed by atoms with van der Waals surface area (Å²) in [6.07, 6.45) is 6.77. The van der Waals surface area contributed by atoms with Crippen LogP contribution in [-0.2, 0) is 9.47 Å². The highest BCUT2D eigenvalue weighted by Crippen LogP contribution is 2.26. The summed E-state index contributed by atoms with van der Waals surface area (Å²) in [5, 5.41) is 3.49. The molecule has 0 aliphatic carbocycles. The first-order valence-corrected chi connectivity index (χ1v) is 11.2. The second-order valence-corrected chi connectivity index (χ2v) is 7.99. The molecule has 2 atom stereocenters. The standard InChI is InChI=1S/C22H38N4O3/c1-3-23-22(26-12-9-19(17-26)18-28-15-14-27-2)24-16-20(21-8-7-13-29-21)25-10-5-4-6-11-25/h7-8,13,19-20H,3-6,9-12,14-18H2,1-2H3,(H,23,24). The summed E-state index contributed by atoms with van der Waals surface area (Å²) in [5.41, 5.74) is 0. The van der Waals surface area contributed by atoms with Gasteiger partial charge in [-0.2, -0.15) is 0 Å². The number of nitrogens with zero attached hydrogens (tertiary/aromatic N) is 3. The molecule has 7 nitrogen and oxygen atoms in total. The van der Waals surface area contributed by atoms with Crippen LogP contribution in [0, 0.1) is 5.92 Å². The molecule has 1 aromatic heterocycles. The van der Waals surface area contributed by atoms with Crippen molar-refractivity contribution in [1.82, 2.24) is 15.1 Å². The molecule has 0 aromatic carbocycles. The maximum Gasteiger partial charge on any atom is 0.193 e. The van der Waals surface area contributed by atoms with Crippen molar-refractivity contribution in [2.24, 2.45) is 10.9 Å². The van der Waals surface area contributed by atoms with E-state index in [0.717, 1.165) is 64.0 Å². The van der Waals surface area contributed by atoms with Crippen LogP contribution in [0.25, 0.3) is 0 Å². The van der Waals surface area contributed by atoms with Gasteiger partial charge in [0.05, 0.1) is 38.7 Å². The Kier molecular flexibility index (Phi) is 9.31. The van der Waals surface area contributed by atoms with Gasteiger partial charge in [-0.25, -0.2) is 0 Å². The van der Waals surface area contributed by atoms with Crippen LogP contribution < -0.4 is 5.32 Å². The van der Waals surface area contributed by atoms with E-state index < -0.39 is 0 Å². The Labute approximate surface area is 175 Å². The van der Waals surface area contributed by atoms with Gasteiger partial charge in [0.25, 0.3) is 0 Å². The number of furan rings is 1. The van der Waals surface area contributed by atoms with Gasteiger partial charge in [-0.3, -0.25) is 9.89 Å². The monoisotopic (exact) mass is 406 g/mol. The van der Waals surface area contributed by atoms with Crippen LogP contribution in [-0.4, -0.2) is 82.0 Å².